The lowest BCUT2D eigenvalue weighted by atomic mass is 10.1. The van der Waals surface area contributed by atoms with Crippen molar-refractivity contribution in [2.75, 3.05) is 25.5 Å². The molecule has 9 heteroatoms. The minimum Gasteiger partial charge on any atom is -0.497 e. The van der Waals surface area contributed by atoms with Gasteiger partial charge in [0.15, 0.2) is 0 Å². The standard InChI is InChI=1S/C25H23F2N3O4/c1-34-20-12-10-19(11-13-20)29-23(31)14-28-24(32)16-30(15-17-6-8-18(26)9-7-17)25(33)21-4-2-3-5-22(21)27/h2-13H,14-16H2,1H3,(H,28,32)(H,29,31). The number of hydrogen-bond donors (Lipinski definition) is 2. The fraction of sp³-hybridized carbons (Fsp3) is 0.160. The first-order valence-corrected chi connectivity index (χ1v) is 10.3. The molecule has 3 aromatic rings. The molecule has 3 aromatic carbocycles. The molecule has 176 valence electrons. The topological polar surface area (TPSA) is 87.7 Å². The maximum atomic E-state index is 14.2. The Hall–Kier alpha value is -4.27. The van der Waals surface area contributed by atoms with Crippen LogP contribution < -0.4 is 15.4 Å². The molecule has 0 bridgehead atoms. The van der Waals surface area contributed by atoms with Crippen molar-refractivity contribution in [2.45, 2.75) is 6.54 Å². The summed E-state index contributed by atoms with van der Waals surface area (Å²) in [6, 6.07) is 17.5. The molecule has 0 heterocycles. The molecule has 0 aliphatic carbocycles. The molecule has 0 fully saturated rings. The van der Waals surface area contributed by atoms with Gasteiger partial charge in [0, 0.05) is 12.2 Å². The second-order valence-electron chi connectivity index (χ2n) is 7.32. The van der Waals surface area contributed by atoms with Crippen molar-refractivity contribution in [3.05, 3.63) is 95.6 Å². The van der Waals surface area contributed by atoms with Gasteiger partial charge >= 0.3 is 0 Å². The Morgan fingerprint density at radius 3 is 2.21 bits per heavy atom. The molecule has 34 heavy (non-hydrogen) atoms. The van der Waals surface area contributed by atoms with E-state index in [0.29, 0.717) is 17.0 Å². The highest BCUT2D eigenvalue weighted by Crippen LogP contribution is 2.15. The lowest BCUT2D eigenvalue weighted by Crippen LogP contribution is -2.42. The van der Waals surface area contributed by atoms with Gasteiger partial charge in [0.25, 0.3) is 5.91 Å². The third-order valence-corrected chi connectivity index (χ3v) is 4.83. The molecule has 0 radical (unpaired) electrons. The van der Waals surface area contributed by atoms with Crippen molar-refractivity contribution < 1.29 is 27.9 Å². The van der Waals surface area contributed by atoms with Crippen LogP contribution in [0.5, 0.6) is 5.75 Å². The van der Waals surface area contributed by atoms with Gasteiger partial charge in [0.1, 0.15) is 23.9 Å². The molecule has 3 amide bonds. The second kappa shape index (κ2) is 11.6. The number of benzene rings is 3. The molecule has 0 aromatic heterocycles. The highest BCUT2D eigenvalue weighted by atomic mass is 19.1. The van der Waals surface area contributed by atoms with Crippen LogP contribution in [0.1, 0.15) is 15.9 Å². The minimum atomic E-state index is -0.726. The Morgan fingerprint density at radius 1 is 0.882 bits per heavy atom. The van der Waals surface area contributed by atoms with Crippen molar-refractivity contribution in [1.29, 1.82) is 0 Å². The van der Waals surface area contributed by atoms with Crippen molar-refractivity contribution in [2.24, 2.45) is 0 Å². The number of amides is 3. The molecule has 7 nitrogen and oxygen atoms in total. The predicted molar refractivity (Wildman–Crippen MR) is 122 cm³/mol. The van der Waals surface area contributed by atoms with Crippen molar-refractivity contribution >= 4 is 23.4 Å². The lowest BCUT2D eigenvalue weighted by molar-refractivity contribution is -0.124. The first-order chi connectivity index (χ1) is 16.4. The van der Waals surface area contributed by atoms with E-state index in [4.69, 9.17) is 4.74 Å². The number of halogens is 2. The number of carbonyl (C=O) groups is 3. The van der Waals surface area contributed by atoms with Gasteiger partial charge in [-0.1, -0.05) is 24.3 Å². The molecule has 0 aliphatic heterocycles. The van der Waals surface area contributed by atoms with Gasteiger partial charge in [-0.2, -0.15) is 0 Å². The van der Waals surface area contributed by atoms with Gasteiger partial charge in [-0.15, -0.1) is 0 Å². The Bertz CT molecular complexity index is 1150. The first kappa shape index (κ1) is 24.4. The zero-order valence-corrected chi connectivity index (χ0v) is 18.4. The van der Waals surface area contributed by atoms with E-state index in [-0.39, 0.29) is 18.7 Å². The summed E-state index contributed by atoms with van der Waals surface area (Å²) in [6.07, 6.45) is 0. The molecular weight excluding hydrogens is 444 g/mol. The van der Waals surface area contributed by atoms with Gasteiger partial charge in [-0.25, -0.2) is 8.78 Å². The summed E-state index contributed by atoms with van der Waals surface area (Å²) in [6.45, 7) is -0.817. The molecule has 0 aliphatic rings. The van der Waals surface area contributed by atoms with Crippen molar-refractivity contribution in [1.82, 2.24) is 10.2 Å². The molecule has 0 saturated heterocycles. The van der Waals surface area contributed by atoms with Crippen LogP contribution in [0.25, 0.3) is 0 Å². The van der Waals surface area contributed by atoms with E-state index in [1.54, 1.807) is 24.3 Å². The normalized spacial score (nSPS) is 10.3. The van der Waals surface area contributed by atoms with Crippen molar-refractivity contribution in [3.63, 3.8) is 0 Å². The highest BCUT2D eigenvalue weighted by Gasteiger charge is 2.22. The summed E-state index contributed by atoms with van der Waals surface area (Å²) in [5.74, 6) is -2.33. The molecule has 2 N–H and O–H groups in total. The Morgan fingerprint density at radius 2 is 1.56 bits per heavy atom. The molecule has 3 rings (SSSR count). The Kier molecular flexibility index (Phi) is 8.28. The van der Waals surface area contributed by atoms with Crippen LogP contribution in [0.3, 0.4) is 0 Å². The van der Waals surface area contributed by atoms with Crippen LogP contribution in [0.15, 0.2) is 72.8 Å². The summed E-state index contributed by atoms with van der Waals surface area (Å²) in [4.78, 5) is 38.7. The smallest absolute Gasteiger partial charge is 0.257 e. The summed E-state index contributed by atoms with van der Waals surface area (Å²) in [7, 11) is 1.53. The number of ether oxygens (including phenoxy) is 1. The lowest BCUT2D eigenvalue weighted by Gasteiger charge is -2.23. The molecule has 0 unspecified atom stereocenters. The Balaban J connectivity index is 1.63. The second-order valence-corrected chi connectivity index (χ2v) is 7.32. The summed E-state index contributed by atoms with van der Waals surface area (Å²) < 4.78 is 32.5. The average molecular weight is 467 g/mol. The zero-order chi connectivity index (χ0) is 24.5. The Labute approximate surface area is 195 Å². The van der Waals surface area contributed by atoms with E-state index in [0.717, 1.165) is 11.0 Å². The van der Waals surface area contributed by atoms with E-state index < -0.39 is 35.9 Å². The maximum absolute atomic E-state index is 14.2. The van der Waals surface area contributed by atoms with Gasteiger partial charge < -0.3 is 20.3 Å². The summed E-state index contributed by atoms with van der Waals surface area (Å²) in [5.41, 5.74) is 0.874. The van der Waals surface area contributed by atoms with E-state index in [1.807, 2.05) is 0 Å². The van der Waals surface area contributed by atoms with E-state index in [2.05, 4.69) is 10.6 Å². The maximum Gasteiger partial charge on any atom is 0.257 e. The fourth-order valence-electron chi connectivity index (χ4n) is 3.10. The molecule has 0 spiro atoms. The van der Waals surface area contributed by atoms with E-state index >= 15 is 0 Å². The third kappa shape index (κ3) is 6.86. The SMILES string of the molecule is COc1ccc(NC(=O)CNC(=O)CN(Cc2ccc(F)cc2)C(=O)c2ccccc2F)cc1. The van der Waals surface area contributed by atoms with Crippen LogP contribution >= 0.6 is 0 Å². The molecule has 0 atom stereocenters. The largest absolute Gasteiger partial charge is 0.497 e. The monoisotopic (exact) mass is 467 g/mol. The van der Waals surface area contributed by atoms with Gasteiger partial charge in [0.05, 0.1) is 19.2 Å². The van der Waals surface area contributed by atoms with Crippen LogP contribution in [0.4, 0.5) is 14.5 Å². The number of rotatable bonds is 9. The summed E-state index contributed by atoms with van der Waals surface area (Å²) in [5, 5.41) is 5.08. The predicted octanol–water partition coefficient (Wildman–Crippen LogP) is 3.37. The molecular formula is C25H23F2N3O4. The summed E-state index contributed by atoms with van der Waals surface area (Å²) >= 11 is 0. The first-order valence-electron chi connectivity index (χ1n) is 10.3. The van der Waals surface area contributed by atoms with Crippen LogP contribution in [0.2, 0.25) is 0 Å². The number of hydrogen-bond acceptors (Lipinski definition) is 4. The zero-order valence-electron chi connectivity index (χ0n) is 18.4. The minimum absolute atomic E-state index is 0.0566. The van der Waals surface area contributed by atoms with E-state index in [9.17, 15) is 23.2 Å². The van der Waals surface area contributed by atoms with Crippen molar-refractivity contribution in [3.8, 4) is 5.75 Å². The molecule has 0 saturated carbocycles. The van der Waals surface area contributed by atoms with Crippen LogP contribution in [-0.4, -0.2) is 42.8 Å². The number of nitrogens with zero attached hydrogens (tertiary/aromatic N) is 1. The van der Waals surface area contributed by atoms with Gasteiger partial charge in [-0.3, -0.25) is 14.4 Å². The number of anilines is 1. The fourth-order valence-corrected chi connectivity index (χ4v) is 3.10. The van der Waals surface area contributed by atoms with Gasteiger partial charge in [-0.05, 0) is 54.1 Å². The van der Waals surface area contributed by atoms with Gasteiger partial charge in [0.2, 0.25) is 11.8 Å². The van der Waals surface area contributed by atoms with Crippen LogP contribution in [0, 0.1) is 11.6 Å². The number of methoxy groups -OCH3 is 1. The highest BCUT2D eigenvalue weighted by molar-refractivity contribution is 5.98. The third-order valence-electron chi connectivity index (χ3n) is 4.83. The quantitative estimate of drug-likeness (QED) is 0.505. The average Bonchev–Trinajstić information content (AvgIpc) is 2.84. The van der Waals surface area contributed by atoms with E-state index in [1.165, 1.54) is 49.6 Å². The van der Waals surface area contributed by atoms with Crippen LogP contribution in [-0.2, 0) is 16.1 Å². The number of carbonyl (C=O) groups excluding carboxylic acids is 3. The number of nitrogens with one attached hydrogen (secondary N) is 2.